The van der Waals surface area contributed by atoms with Crippen LogP contribution in [0.3, 0.4) is 0 Å². The van der Waals surface area contributed by atoms with Crippen LogP contribution in [0.2, 0.25) is 5.02 Å². The number of hydrogen-bond acceptors (Lipinski definition) is 5. The third-order valence-corrected chi connectivity index (χ3v) is 3.09. The minimum absolute atomic E-state index is 0.231. The summed E-state index contributed by atoms with van der Waals surface area (Å²) in [7, 11) is -4.05. The Labute approximate surface area is 116 Å². The first-order chi connectivity index (χ1) is 8.87. The average molecular weight is 306 g/mol. The Morgan fingerprint density at radius 1 is 1.37 bits per heavy atom. The Balaban J connectivity index is 2.31. The monoisotopic (exact) mass is 305 g/mol. The summed E-state index contributed by atoms with van der Waals surface area (Å²) < 4.78 is 36.9. The van der Waals surface area contributed by atoms with Gasteiger partial charge in [-0.1, -0.05) is 23.7 Å². The molecule has 1 unspecified atom stereocenters. The van der Waals surface area contributed by atoms with Crippen LogP contribution in [0.25, 0.3) is 5.76 Å². The highest BCUT2D eigenvalue weighted by Crippen LogP contribution is 2.34. The molecule has 0 fully saturated rings. The van der Waals surface area contributed by atoms with Gasteiger partial charge in [-0.2, -0.15) is 8.42 Å². The Morgan fingerprint density at radius 3 is 2.68 bits per heavy atom. The molecule has 0 amide bonds. The zero-order valence-electron chi connectivity index (χ0n) is 10.00. The van der Waals surface area contributed by atoms with E-state index < -0.39 is 16.6 Å². The quantitative estimate of drug-likeness (QED) is 0.913. The Bertz CT molecular complexity index is 613. The molecule has 1 heterocycles. The molecule has 0 saturated carbocycles. The van der Waals surface area contributed by atoms with E-state index in [1.807, 2.05) is 0 Å². The van der Waals surface area contributed by atoms with Crippen LogP contribution in [0, 0.1) is 0 Å². The smallest absolute Gasteiger partial charge is 0.333 e. The number of nitrogens with two attached hydrogens (primary N) is 1. The molecule has 104 valence electrons. The summed E-state index contributed by atoms with van der Waals surface area (Å²) in [5, 5.41) is 5.23. The van der Waals surface area contributed by atoms with Crippen molar-refractivity contribution in [3.05, 3.63) is 40.6 Å². The highest BCUT2D eigenvalue weighted by molar-refractivity contribution is 7.84. The molecular weight excluding hydrogens is 294 g/mol. The number of ether oxygens (including phenoxy) is 2. The highest BCUT2D eigenvalue weighted by atomic mass is 35.5. The van der Waals surface area contributed by atoms with Gasteiger partial charge in [0.25, 0.3) is 0 Å². The van der Waals surface area contributed by atoms with Crippen LogP contribution in [-0.2, 0) is 24.0 Å². The Kier molecular flexibility index (Phi) is 4.00. The highest BCUT2D eigenvalue weighted by Gasteiger charge is 2.27. The molecule has 0 aromatic heterocycles. The molecule has 1 aromatic carbocycles. The first-order valence-electron chi connectivity index (χ1n) is 5.35. The summed E-state index contributed by atoms with van der Waals surface area (Å²) in [6.45, 7) is 1.32. The van der Waals surface area contributed by atoms with Gasteiger partial charge < -0.3 is 9.47 Å². The van der Waals surface area contributed by atoms with Crippen molar-refractivity contribution in [3.8, 4) is 0 Å². The molecular formula is C11H12ClNO5S. The molecule has 19 heavy (non-hydrogen) atoms. The lowest BCUT2D eigenvalue weighted by molar-refractivity contribution is -0.0142. The molecule has 8 heteroatoms. The summed E-state index contributed by atoms with van der Waals surface area (Å²) in [5.74, 6) is 0.580. The van der Waals surface area contributed by atoms with Gasteiger partial charge in [-0.15, -0.1) is 0 Å². The van der Waals surface area contributed by atoms with Gasteiger partial charge in [0.15, 0.2) is 11.5 Å². The Hall–Kier alpha value is -1.28. The second kappa shape index (κ2) is 5.38. The largest absolute Gasteiger partial charge is 0.453 e. The summed E-state index contributed by atoms with van der Waals surface area (Å²) in [6.07, 6.45) is -0.551. The van der Waals surface area contributed by atoms with Gasteiger partial charge in [-0.05, 0) is 12.1 Å². The standard InChI is InChI=1S/C11H12ClNO5S/c1-7-17-10(6-16-19(13,14)15)11(18-7)8-4-2-3-5-9(8)12/h2-5,7H,6H2,1H3,(H2,13,14,15). The molecule has 0 radical (unpaired) electrons. The molecule has 1 aliphatic heterocycles. The lowest BCUT2D eigenvalue weighted by Crippen LogP contribution is -2.18. The second-order valence-corrected chi connectivity index (χ2v) is 5.42. The van der Waals surface area contributed by atoms with Crippen LogP contribution in [0.1, 0.15) is 12.5 Å². The van der Waals surface area contributed by atoms with E-state index >= 15 is 0 Å². The van der Waals surface area contributed by atoms with Crippen molar-refractivity contribution >= 4 is 27.7 Å². The molecule has 1 aromatic rings. The molecule has 0 bridgehead atoms. The first kappa shape index (κ1) is 14.1. The summed E-state index contributed by atoms with van der Waals surface area (Å²) in [4.78, 5) is 0. The number of halogens is 1. The third kappa shape index (κ3) is 3.60. The molecule has 6 nitrogen and oxygen atoms in total. The number of benzene rings is 1. The maximum atomic E-state index is 10.8. The predicted molar refractivity (Wildman–Crippen MR) is 69.1 cm³/mol. The molecule has 1 atom stereocenters. The van der Waals surface area contributed by atoms with E-state index in [1.165, 1.54) is 0 Å². The minimum atomic E-state index is -4.05. The molecule has 2 rings (SSSR count). The van der Waals surface area contributed by atoms with Crippen molar-refractivity contribution < 1.29 is 22.1 Å². The maximum absolute atomic E-state index is 10.8. The van der Waals surface area contributed by atoms with Crippen molar-refractivity contribution in [2.75, 3.05) is 6.61 Å². The van der Waals surface area contributed by atoms with Gasteiger partial charge in [-0.25, -0.2) is 9.32 Å². The van der Waals surface area contributed by atoms with E-state index in [-0.39, 0.29) is 12.4 Å². The van der Waals surface area contributed by atoms with Gasteiger partial charge >= 0.3 is 10.3 Å². The molecule has 0 spiro atoms. The number of rotatable bonds is 4. The molecule has 0 aliphatic carbocycles. The van der Waals surface area contributed by atoms with E-state index in [2.05, 4.69) is 4.18 Å². The SMILES string of the molecule is CC1OC(COS(N)(=O)=O)=C(c2ccccc2Cl)O1. The van der Waals surface area contributed by atoms with Crippen LogP contribution < -0.4 is 5.14 Å². The van der Waals surface area contributed by atoms with Crippen molar-refractivity contribution in [1.29, 1.82) is 0 Å². The first-order valence-corrected chi connectivity index (χ1v) is 7.20. The van der Waals surface area contributed by atoms with Gasteiger partial charge in [0, 0.05) is 12.5 Å². The summed E-state index contributed by atoms with van der Waals surface area (Å²) in [6, 6.07) is 6.97. The van der Waals surface area contributed by atoms with Crippen molar-refractivity contribution in [2.24, 2.45) is 5.14 Å². The van der Waals surface area contributed by atoms with Crippen LogP contribution in [0.5, 0.6) is 0 Å². The van der Waals surface area contributed by atoms with E-state index in [4.69, 9.17) is 26.2 Å². The van der Waals surface area contributed by atoms with Gasteiger partial charge in [0.2, 0.25) is 6.29 Å². The van der Waals surface area contributed by atoms with Crippen LogP contribution in [0.15, 0.2) is 30.0 Å². The van der Waals surface area contributed by atoms with E-state index in [9.17, 15) is 8.42 Å². The van der Waals surface area contributed by atoms with Crippen LogP contribution in [-0.4, -0.2) is 21.3 Å². The topological polar surface area (TPSA) is 87.9 Å². The molecule has 1 aliphatic rings. The van der Waals surface area contributed by atoms with Crippen molar-refractivity contribution in [1.82, 2.24) is 0 Å². The van der Waals surface area contributed by atoms with E-state index in [1.54, 1.807) is 31.2 Å². The fourth-order valence-corrected chi connectivity index (χ4v) is 2.10. The second-order valence-electron chi connectivity index (χ2n) is 3.79. The zero-order valence-corrected chi connectivity index (χ0v) is 11.6. The third-order valence-electron chi connectivity index (χ3n) is 2.32. The van der Waals surface area contributed by atoms with Crippen LogP contribution in [0.4, 0.5) is 0 Å². The maximum Gasteiger partial charge on any atom is 0.333 e. The summed E-state index contributed by atoms with van der Waals surface area (Å²) in [5.41, 5.74) is 0.599. The molecule has 2 N–H and O–H groups in total. The summed E-state index contributed by atoms with van der Waals surface area (Å²) >= 11 is 6.05. The number of hydrogen-bond donors (Lipinski definition) is 1. The Morgan fingerprint density at radius 2 is 2.05 bits per heavy atom. The fraction of sp³-hybridized carbons (Fsp3) is 0.273. The predicted octanol–water partition coefficient (Wildman–Crippen LogP) is 1.62. The van der Waals surface area contributed by atoms with Gasteiger partial charge in [0.1, 0.15) is 6.61 Å². The fourth-order valence-electron chi connectivity index (χ4n) is 1.60. The van der Waals surface area contributed by atoms with Gasteiger partial charge in [-0.3, -0.25) is 0 Å². The van der Waals surface area contributed by atoms with Gasteiger partial charge in [0.05, 0.1) is 5.02 Å². The zero-order chi connectivity index (χ0) is 14.0. The van der Waals surface area contributed by atoms with Crippen LogP contribution >= 0.6 is 11.6 Å². The lowest BCUT2D eigenvalue weighted by atomic mass is 10.1. The van der Waals surface area contributed by atoms with Crippen molar-refractivity contribution in [3.63, 3.8) is 0 Å². The van der Waals surface area contributed by atoms with E-state index in [0.29, 0.717) is 16.3 Å². The normalized spacial score (nSPS) is 19.2. The lowest BCUT2D eigenvalue weighted by Gasteiger charge is -2.06. The average Bonchev–Trinajstić information content (AvgIpc) is 2.67. The molecule has 0 saturated heterocycles. The minimum Gasteiger partial charge on any atom is -0.453 e. The van der Waals surface area contributed by atoms with Crippen molar-refractivity contribution in [2.45, 2.75) is 13.2 Å². The van der Waals surface area contributed by atoms with E-state index in [0.717, 1.165) is 0 Å².